The van der Waals surface area contributed by atoms with E-state index in [9.17, 15) is 4.79 Å². The van der Waals surface area contributed by atoms with Crippen LogP contribution in [-0.4, -0.2) is 30.5 Å². The molecule has 1 amide bonds. The highest BCUT2D eigenvalue weighted by Gasteiger charge is 2.02. The summed E-state index contributed by atoms with van der Waals surface area (Å²) in [4.78, 5) is 15.2. The minimum Gasteiger partial charge on any atom is -0.370 e. The van der Waals surface area contributed by atoms with E-state index in [4.69, 9.17) is 5.73 Å². The number of hydrogen-bond donors (Lipinski definition) is 3. The normalized spacial score (nSPS) is 12.0. The topological polar surface area (TPSA) is 79.5 Å². The van der Waals surface area contributed by atoms with Gasteiger partial charge in [0.2, 0.25) is 5.91 Å². The lowest BCUT2D eigenvalue weighted by Crippen LogP contribution is -2.37. The molecule has 0 aromatic heterocycles. The highest BCUT2D eigenvalue weighted by atomic mass is 16.1. The van der Waals surface area contributed by atoms with Crippen molar-refractivity contribution in [3.63, 3.8) is 0 Å². The molecule has 0 unspecified atom stereocenters. The van der Waals surface area contributed by atoms with Gasteiger partial charge >= 0.3 is 0 Å². The van der Waals surface area contributed by atoms with Crippen molar-refractivity contribution >= 4 is 11.9 Å². The van der Waals surface area contributed by atoms with Crippen molar-refractivity contribution in [2.75, 3.05) is 6.54 Å². The molecule has 0 saturated carbocycles. The van der Waals surface area contributed by atoms with Crippen LogP contribution in [0.5, 0.6) is 0 Å². The second-order valence-corrected chi connectivity index (χ2v) is 4.04. The van der Waals surface area contributed by atoms with Gasteiger partial charge in [-0.3, -0.25) is 9.79 Å². The third-order valence-electron chi connectivity index (χ3n) is 1.51. The van der Waals surface area contributed by atoms with Crippen LogP contribution in [0.15, 0.2) is 4.99 Å². The Hall–Kier alpha value is -1.26. The molecule has 0 heterocycles. The maximum absolute atomic E-state index is 11.2. The largest absolute Gasteiger partial charge is 0.370 e. The molecule has 15 heavy (non-hydrogen) atoms. The van der Waals surface area contributed by atoms with Crippen LogP contribution in [0.3, 0.4) is 0 Å². The van der Waals surface area contributed by atoms with Crippen molar-refractivity contribution < 1.29 is 4.79 Å². The Labute approximate surface area is 91.5 Å². The molecule has 0 aliphatic heterocycles. The zero-order chi connectivity index (χ0) is 11.8. The van der Waals surface area contributed by atoms with Crippen molar-refractivity contribution in [2.24, 2.45) is 10.7 Å². The predicted octanol–water partition coefficient (Wildman–Crippen LogP) is 0.214. The summed E-state index contributed by atoms with van der Waals surface area (Å²) in [6.07, 6.45) is 0.374. The van der Waals surface area contributed by atoms with Crippen molar-refractivity contribution in [3.8, 4) is 0 Å². The van der Waals surface area contributed by atoms with E-state index >= 15 is 0 Å². The predicted molar refractivity (Wildman–Crippen MR) is 62.7 cm³/mol. The third-order valence-corrected chi connectivity index (χ3v) is 1.51. The molecule has 0 aromatic carbocycles. The van der Waals surface area contributed by atoms with Gasteiger partial charge in [-0.25, -0.2) is 0 Å². The molecule has 0 fully saturated rings. The Morgan fingerprint density at radius 3 is 2.20 bits per heavy atom. The van der Waals surface area contributed by atoms with Gasteiger partial charge in [-0.1, -0.05) is 0 Å². The van der Waals surface area contributed by atoms with Crippen LogP contribution in [0.25, 0.3) is 0 Å². The lowest BCUT2D eigenvalue weighted by atomic mass is 10.3. The zero-order valence-electron chi connectivity index (χ0n) is 10.0. The average molecular weight is 214 g/mol. The number of nitrogens with zero attached hydrogens (tertiary/aromatic N) is 1. The minimum absolute atomic E-state index is 0.00565. The number of hydrogen-bond acceptors (Lipinski definition) is 2. The minimum atomic E-state index is 0.00565. The Balaban J connectivity index is 3.72. The highest BCUT2D eigenvalue weighted by molar-refractivity contribution is 5.79. The SMILES string of the molecule is CC(C)NC(=O)CCN=C(N)NC(C)C. The maximum Gasteiger partial charge on any atom is 0.222 e. The quantitative estimate of drug-likeness (QED) is 0.452. The summed E-state index contributed by atoms with van der Waals surface area (Å²) in [5.41, 5.74) is 5.57. The first-order chi connectivity index (χ1) is 6.91. The first kappa shape index (κ1) is 13.7. The van der Waals surface area contributed by atoms with E-state index in [1.807, 2.05) is 27.7 Å². The molecule has 0 aliphatic carbocycles. The van der Waals surface area contributed by atoms with Crippen LogP contribution >= 0.6 is 0 Å². The third kappa shape index (κ3) is 9.05. The van der Waals surface area contributed by atoms with Crippen LogP contribution < -0.4 is 16.4 Å². The molecule has 0 radical (unpaired) electrons. The second-order valence-electron chi connectivity index (χ2n) is 4.04. The molecule has 0 atom stereocenters. The van der Waals surface area contributed by atoms with Gasteiger partial charge in [-0.15, -0.1) is 0 Å². The Kier molecular flexibility index (Phi) is 6.49. The van der Waals surface area contributed by atoms with E-state index in [1.165, 1.54) is 0 Å². The molecule has 5 heteroatoms. The van der Waals surface area contributed by atoms with E-state index in [0.717, 1.165) is 0 Å². The number of amides is 1. The molecular formula is C10H22N4O. The lowest BCUT2D eigenvalue weighted by Gasteiger charge is -2.09. The van der Waals surface area contributed by atoms with Gasteiger partial charge in [-0.2, -0.15) is 0 Å². The number of aliphatic imine (C=N–C) groups is 1. The van der Waals surface area contributed by atoms with Gasteiger partial charge < -0.3 is 16.4 Å². The van der Waals surface area contributed by atoms with E-state index in [1.54, 1.807) is 0 Å². The second kappa shape index (κ2) is 7.09. The van der Waals surface area contributed by atoms with Crippen molar-refractivity contribution in [1.29, 1.82) is 0 Å². The molecular weight excluding hydrogens is 192 g/mol. The molecule has 0 spiro atoms. The van der Waals surface area contributed by atoms with Crippen LogP contribution in [-0.2, 0) is 4.79 Å². The first-order valence-electron chi connectivity index (χ1n) is 5.27. The summed E-state index contributed by atoms with van der Waals surface area (Å²) in [5.74, 6) is 0.397. The van der Waals surface area contributed by atoms with Gasteiger partial charge in [0.05, 0.1) is 6.54 Å². The first-order valence-corrected chi connectivity index (χ1v) is 5.27. The fraction of sp³-hybridized carbons (Fsp3) is 0.800. The van der Waals surface area contributed by atoms with Gasteiger partial charge in [0.25, 0.3) is 0 Å². The fourth-order valence-electron chi connectivity index (χ4n) is 1.01. The Morgan fingerprint density at radius 2 is 1.73 bits per heavy atom. The molecule has 4 N–H and O–H groups in total. The summed E-state index contributed by atoms with van der Waals surface area (Å²) in [5, 5.41) is 5.74. The number of nitrogens with one attached hydrogen (secondary N) is 2. The standard InChI is InChI=1S/C10H22N4O/c1-7(2)13-9(15)5-6-12-10(11)14-8(3)4/h7-8H,5-6H2,1-4H3,(H,13,15)(H3,11,12,14). The van der Waals surface area contributed by atoms with Gasteiger partial charge in [0.15, 0.2) is 5.96 Å². The molecule has 5 nitrogen and oxygen atoms in total. The molecule has 0 aromatic rings. The van der Waals surface area contributed by atoms with Crippen molar-refractivity contribution in [2.45, 2.75) is 46.2 Å². The smallest absolute Gasteiger partial charge is 0.222 e. The summed E-state index contributed by atoms with van der Waals surface area (Å²) in [6, 6.07) is 0.436. The van der Waals surface area contributed by atoms with E-state index < -0.39 is 0 Å². The summed E-state index contributed by atoms with van der Waals surface area (Å²) >= 11 is 0. The number of guanidine groups is 1. The van der Waals surface area contributed by atoms with Crippen LogP contribution in [0, 0.1) is 0 Å². The highest BCUT2D eigenvalue weighted by Crippen LogP contribution is 1.85. The number of carbonyl (C=O) groups is 1. The molecule has 0 aliphatic rings. The van der Waals surface area contributed by atoms with Crippen LogP contribution in [0.2, 0.25) is 0 Å². The summed E-state index contributed by atoms with van der Waals surface area (Å²) in [6.45, 7) is 8.23. The van der Waals surface area contributed by atoms with E-state index in [0.29, 0.717) is 18.9 Å². The molecule has 88 valence electrons. The van der Waals surface area contributed by atoms with Gasteiger partial charge in [0, 0.05) is 18.5 Å². The average Bonchev–Trinajstić information content (AvgIpc) is 2.00. The van der Waals surface area contributed by atoms with Gasteiger partial charge in [-0.05, 0) is 27.7 Å². The van der Waals surface area contributed by atoms with Crippen molar-refractivity contribution in [1.82, 2.24) is 10.6 Å². The monoisotopic (exact) mass is 214 g/mol. The van der Waals surface area contributed by atoms with Crippen LogP contribution in [0.1, 0.15) is 34.1 Å². The van der Waals surface area contributed by atoms with E-state index in [-0.39, 0.29) is 18.0 Å². The molecule has 0 saturated heterocycles. The molecule has 0 rings (SSSR count). The number of nitrogens with two attached hydrogens (primary N) is 1. The Morgan fingerprint density at radius 1 is 1.20 bits per heavy atom. The van der Waals surface area contributed by atoms with Gasteiger partial charge in [0.1, 0.15) is 0 Å². The Bertz CT molecular complexity index is 223. The van der Waals surface area contributed by atoms with Crippen LogP contribution in [0.4, 0.5) is 0 Å². The fourth-order valence-corrected chi connectivity index (χ4v) is 1.01. The summed E-state index contributed by atoms with van der Waals surface area (Å²) in [7, 11) is 0. The summed E-state index contributed by atoms with van der Waals surface area (Å²) < 4.78 is 0. The number of rotatable bonds is 5. The zero-order valence-corrected chi connectivity index (χ0v) is 10.0. The molecule has 0 bridgehead atoms. The van der Waals surface area contributed by atoms with Crippen molar-refractivity contribution in [3.05, 3.63) is 0 Å². The lowest BCUT2D eigenvalue weighted by molar-refractivity contribution is -0.121. The van der Waals surface area contributed by atoms with E-state index in [2.05, 4.69) is 15.6 Å². The maximum atomic E-state index is 11.2. The number of carbonyl (C=O) groups excluding carboxylic acids is 1.